The first-order valence-corrected chi connectivity index (χ1v) is 19.5. The number of rotatable bonds is 4. The van der Waals surface area contributed by atoms with Gasteiger partial charge in [-0.05, 0) is 114 Å². The van der Waals surface area contributed by atoms with Crippen LogP contribution in [0, 0.1) is 0 Å². The zero-order chi connectivity index (χ0) is 37.1. The molecule has 8 aromatic carbocycles. The Balaban J connectivity index is 1.20. The highest BCUT2D eigenvalue weighted by Gasteiger charge is 2.37. The van der Waals surface area contributed by atoms with Crippen LogP contribution in [-0.2, 0) is 10.8 Å². The van der Waals surface area contributed by atoms with E-state index in [-0.39, 0.29) is 10.8 Å². The Morgan fingerprint density at radius 2 is 0.855 bits per heavy atom. The van der Waals surface area contributed by atoms with Crippen LogP contribution in [0.25, 0.3) is 83.1 Å². The number of para-hydroxylation sites is 1. The molecule has 0 N–H and O–H groups in total. The van der Waals surface area contributed by atoms with Gasteiger partial charge in [-0.2, -0.15) is 0 Å². The van der Waals surface area contributed by atoms with E-state index in [1.807, 2.05) is 0 Å². The highest BCUT2D eigenvalue weighted by atomic mass is 15.0. The maximum absolute atomic E-state index is 2.48. The van der Waals surface area contributed by atoms with Crippen LogP contribution in [0.1, 0.15) is 49.9 Å². The minimum absolute atomic E-state index is 0.0408. The Kier molecular flexibility index (Phi) is 6.72. The SMILES string of the molecule is CC1(C)c2ccccc2-c2cc(-c3ccc4c(c3-c3ccc5c(c3)-c3ccccc3C5(C)C)c3ccccc3n4-c3ccc(-c4ccccc4)cc3)ccc21. The van der Waals surface area contributed by atoms with Gasteiger partial charge in [0.15, 0.2) is 0 Å². The third-order valence-electron chi connectivity index (χ3n) is 12.8. The largest absolute Gasteiger partial charge is 0.309 e. The molecule has 1 heterocycles. The van der Waals surface area contributed by atoms with E-state index in [0.717, 1.165) is 5.69 Å². The van der Waals surface area contributed by atoms with Crippen molar-refractivity contribution in [1.29, 1.82) is 0 Å². The third kappa shape index (κ3) is 4.53. The fourth-order valence-corrected chi connectivity index (χ4v) is 10.1. The number of hydrogen-bond donors (Lipinski definition) is 0. The van der Waals surface area contributed by atoms with Crippen molar-refractivity contribution in [2.45, 2.75) is 38.5 Å². The highest BCUT2D eigenvalue weighted by molar-refractivity contribution is 6.19. The summed E-state index contributed by atoms with van der Waals surface area (Å²) in [7, 11) is 0. The lowest BCUT2D eigenvalue weighted by molar-refractivity contribution is 0.660. The number of aromatic nitrogens is 1. The summed E-state index contributed by atoms with van der Waals surface area (Å²) in [6.45, 7) is 9.45. The first-order chi connectivity index (χ1) is 26.8. The van der Waals surface area contributed by atoms with Gasteiger partial charge in [-0.15, -0.1) is 0 Å². The van der Waals surface area contributed by atoms with Crippen molar-refractivity contribution in [2.75, 3.05) is 0 Å². The molecule has 9 aromatic rings. The molecular formula is C54H41N. The quantitative estimate of drug-likeness (QED) is 0.172. The number of nitrogens with zero attached hydrogens (tertiary/aromatic N) is 1. The van der Waals surface area contributed by atoms with Crippen molar-refractivity contribution < 1.29 is 0 Å². The molecule has 55 heavy (non-hydrogen) atoms. The molecule has 0 saturated heterocycles. The van der Waals surface area contributed by atoms with Crippen molar-refractivity contribution in [2.24, 2.45) is 0 Å². The predicted molar refractivity (Wildman–Crippen MR) is 232 cm³/mol. The lowest BCUT2D eigenvalue weighted by Gasteiger charge is -2.22. The molecule has 0 amide bonds. The standard InChI is InChI=1S/C54H41N/c1-53(2)45-19-11-8-16-40(45)43-32-36(24-29-47(43)53)39-28-31-50-52(51(39)37-25-30-48-44(33-37)41-17-9-12-20-46(41)54(48,3)4)42-18-10-13-21-49(42)55(50)38-26-22-35(23-27-38)34-14-6-5-7-15-34/h5-33H,1-4H3. The summed E-state index contributed by atoms with van der Waals surface area (Å²) < 4.78 is 2.46. The van der Waals surface area contributed by atoms with E-state index in [4.69, 9.17) is 0 Å². The first kappa shape index (κ1) is 32.0. The summed E-state index contributed by atoms with van der Waals surface area (Å²) in [5.74, 6) is 0. The third-order valence-corrected chi connectivity index (χ3v) is 12.8. The normalized spacial score (nSPS) is 14.5. The van der Waals surface area contributed by atoms with Crippen LogP contribution >= 0.6 is 0 Å². The monoisotopic (exact) mass is 703 g/mol. The summed E-state index contributed by atoms with van der Waals surface area (Å²) in [5.41, 5.74) is 21.9. The number of fused-ring (bicyclic) bond motifs is 9. The van der Waals surface area contributed by atoms with E-state index in [0.29, 0.717) is 0 Å². The van der Waals surface area contributed by atoms with Crippen LogP contribution in [0.2, 0.25) is 0 Å². The van der Waals surface area contributed by atoms with Crippen molar-refractivity contribution in [3.8, 4) is 61.3 Å². The van der Waals surface area contributed by atoms with Gasteiger partial charge in [0.25, 0.3) is 0 Å². The maximum atomic E-state index is 2.48. The zero-order valence-electron chi connectivity index (χ0n) is 31.7. The Labute approximate surface area is 323 Å². The molecule has 262 valence electrons. The van der Waals surface area contributed by atoms with Crippen molar-refractivity contribution in [1.82, 2.24) is 4.57 Å². The molecule has 0 atom stereocenters. The molecule has 1 nitrogen and oxygen atoms in total. The Bertz CT molecular complexity index is 3010. The second-order valence-corrected chi connectivity index (χ2v) is 16.5. The molecule has 0 radical (unpaired) electrons. The van der Waals surface area contributed by atoms with Gasteiger partial charge in [-0.3, -0.25) is 0 Å². The first-order valence-electron chi connectivity index (χ1n) is 19.5. The highest BCUT2D eigenvalue weighted by Crippen LogP contribution is 2.53. The summed E-state index contributed by atoms with van der Waals surface area (Å²) in [6, 6.07) is 65.8. The van der Waals surface area contributed by atoms with Crippen molar-refractivity contribution >= 4 is 21.8 Å². The molecule has 0 bridgehead atoms. The zero-order valence-corrected chi connectivity index (χ0v) is 31.7. The van der Waals surface area contributed by atoms with Crippen molar-refractivity contribution in [3.63, 3.8) is 0 Å². The second kappa shape index (κ2) is 11.5. The minimum atomic E-state index is -0.0542. The van der Waals surface area contributed by atoms with Gasteiger partial charge >= 0.3 is 0 Å². The summed E-state index contributed by atoms with van der Waals surface area (Å²) in [6.07, 6.45) is 0. The summed E-state index contributed by atoms with van der Waals surface area (Å²) in [4.78, 5) is 0. The second-order valence-electron chi connectivity index (χ2n) is 16.5. The maximum Gasteiger partial charge on any atom is 0.0547 e. The molecular weight excluding hydrogens is 663 g/mol. The van der Waals surface area contributed by atoms with Crippen LogP contribution in [0.5, 0.6) is 0 Å². The van der Waals surface area contributed by atoms with E-state index < -0.39 is 0 Å². The summed E-state index contributed by atoms with van der Waals surface area (Å²) in [5, 5.41) is 2.54. The average molecular weight is 704 g/mol. The van der Waals surface area contributed by atoms with Gasteiger partial charge in [0, 0.05) is 27.3 Å². The van der Waals surface area contributed by atoms with E-state index in [1.54, 1.807) is 0 Å². The smallest absolute Gasteiger partial charge is 0.0547 e. The van der Waals surface area contributed by atoms with Gasteiger partial charge in [-0.1, -0.05) is 167 Å². The Morgan fingerprint density at radius 3 is 1.53 bits per heavy atom. The molecule has 2 aliphatic carbocycles. The molecule has 2 aliphatic rings. The molecule has 11 rings (SSSR count). The fourth-order valence-electron chi connectivity index (χ4n) is 10.1. The predicted octanol–water partition coefficient (Wildman–Crippen LogP) is 14.4. The Morgan fingerprint density at radius 1 is 0.345 bits per heavy atom. The molecule has 0 aliphatic heterocycles. The Hall–Kier alpha value is -6.44. The molecule has 0 saturated carbocycles. The fraction of sp³-hybridized carbons (Fsp3) is 0.111. The molecule has 0 unspecified atom stereocenters. The number of benzene rings is 8. The van der Waals surface area contributed by atoms with Crippen LogP contribution in [0.15, 0.2) is 176 Å². The van der Waals surface area contributed by atoms with Gasteiger partial charge in [-0.25, -0.2) is 0 Å². The van der Waals surface area contributed by atoms with Crippen molar-refractivity contribution in [3.05, 3.63) is 198 Å². The minimum Gasteiger partial charge on any atom is -0.309 e. The average Bonchev–Trinajstić information content (AvgIpc) is 3.77. The van der Waals surface area contributed by atoms with Gasteiger partial charge < -0.3 is 4.57 Å². The van der Waals surface area contributed by atoms with Crippen LogP contribution in [0.4, 0.5) is 0 Å². The van der Waals surface area contributed by atoms with Crippen LogP contribution < -0.4 is 0 Å². The number of hydrogen-bond acceptors (Lipinski definition) is 0. The van der Waals surface area contributed by atoms with Crippen LogP contribution in [-0.4, -0.2) is 4.57 Å². The molecule has 1 aromatic heterocycles. The lowest BCUT2D eigenvalue weighted by atomic mass is 9.81. The topological polar surface area (TPSA) is 4.93 Å². The van der Waals surface area contributed by atoms with E-state index in [2.05, 4.69) is 208 Å². The van der Waals surface area contributed by atoms with E-state index in [1.165, 1.54) is 99.7 Å². The molecule has 0 spiro atoms. The van der Waals surface area contributed by atoms with Gasteiger partial charge in [0.05, 0.1) is 11.0 Å². The van der Waals surface area contributed by atoms with Crippen LogP contribution in [0.3, 0.4) is 0 Å². The molecule has 0 fully saturated rings. The molecule has 1 heteroatoms. The lowest BCUT2D eigenvalue weighted by Crippen LogP contribution is -2.14. The van der Waals surface area contributed by atoms with E-state index in [9.17, 15) is 0 Å². The van der Waals surface area contributed by atoms with Gasteiger partial charge in [0.2, 0.25) is 0 Å². The van der Waals surface area contributed by atoms with Gasteiger partial charge in [0.1, 0.15) is 0 Å². The summed E-state index contributed by atoms with van der Waals surface area (Å²) >= 11 is 0. The van der Waals surface area contributed by atoms with E-state index >= 15 is 0 Å².